The Bertz CT molecular complexity index is 1230. The summed E-state index contributed by atoms with van der Waals surface area (Å²) in [7, 11) is 1.64. The van der Waals surface area contributed by atoms with E-state index in [0.717, 1.165) is 24.9 Å². The molecule has 30 heavy (non-hydrogen) atoms. The number of nitrogens with zero attached hydrogens (tertiary/aromatic N) is 6. The quantitative estimate of drug-likeness (QED) is 0.687. The molecule has 0 amide bonds. The fraction of sp³-hybridized carbons (Fsp3) is 0.333. The maximum Gasteiger partial charge on any atom is 0.277 e. The molecular formula is C21H22ClN7O. The van der Waals surface area contributed by atoms with Crippen molar-refractivity contribution in [3.63, 3.8) is 0 Å². The fourth-order valence-electron chi connectivity index (χ4n) is 4.02. The first-order valence-corrected chi connectivity index (χ1v) is 9.51. The standard InChI is InChI=1S/C21H21N7O.ClH/c1-26-13-25-18-17(10-23)20(27-8-4-7-16(24)12-27)28(19(18)21(26)29)11-15-6-3-2-5-14(15)9-22;/h2-3,5-6,13,16H,4,7-8,11-12,24H2,1H3;1H. The zero-order chi connectivity index (χ0) is 20.5. The predicted molar refractivity (Wildman–Crippen MR) is 117 cm³/mol. The highest BCUT2D eigenvalue weighted by atomic mass is 35.5. The molecule has 3 aromatic rings. The summed E-state index contributed by atoms with van der Waals surface area (Å²) in [6.07, 6.45) is 3.27. The minimum atomic E-state index is -0.228. The number of nitrogens with two attached hydrogens (primary N) is 1. The van der Waals surface area contributed by atoms with Gasteiger partial charge in [0.2, 0.25) is 0 Å². The number of benzene rings is 1. The second-order valence-electron chi connectivity index (χ2n) is 7.37. The molecule has 154 valence electrons. The third kappa shape index (κ3) is 3.52. The van der Waals surface area contributed by atoms with Crippen molar-refractivity contribution in [1.82, 2.24) is 14.1 Å². The topological polar surface area (TPSA) is 117 Å². The summed E-state index contributed by atoms with van der Waals surface area (Å²) in [6.45, 7) is 1.65. The molecule has 2 N–H and O–H groups in total. The van der Waals surface area contributed by atoms with Crippen molar-refractivity contribution in [2.45, 2.75) is 25.4 Å². The Morgan fingerprint density at radius 3 is 2.73 bits per heavy atom. The number of nitriles is 2. The Morgan fingerprint density at radius 2 is 2.03 bits per heavy atom. The third-order valence-electron chi connectivity index (χ3n) is 5.43. The monoisotopic (exact) mass is 423 g/mol. The second kappa shape index (κ2) is 8.58. The van der Waals surface area contributed by atoms with E-state index in [1.54, 1.807) is 13.1 Å². The van der Waals surface area contributed by atoms with Crippen LogP contribution in [0.4, 0.5) is 5.82 Å². The molecule has 1 aliphatic rings. The highest BCUT2D eigenvalue weighted by molar-refractivity contribution is 5.89. The lowest BCUT2D eigenvalue weighted by Crippen LogP contribution is -2.44. The van der Waals surface area contributed by atoms with E-state index in [1.807, 2.05) is 22.8 Å². The van der Waals surface area contributed by atoms with Crippen LogP contribution in [0.5, 0.6) is 0 Å². The molecule has 9 heteroatoms. The van der Waals surface area contributed by atoms with E-state index in [0.29, 0.717) is 41.1 Å². The molecule has 0 saturated carbocycles. The first kappa shape index (κ1) is 21.4. The van der Waals surface area contributed by atoms with Gasteiger partial charge in [-0.25, -0.2) is 4.98 Å². The van der Waals surface area contributed by atoms with Crippen LogP contribution in [-0.2, 0) is 13.6 Å². The van der Waals surface area contributed by atoms with E-state index in [-0.39, 0.29) is 24.0 Å². The number of piperidine rings is 1. The number of aromatic nitrogens is 3. The number of hydrogen-bond donors (Lipinski definition) is 1. The minimum Gasteiger partial charge on any atom is -0.355 e. The van der Waals surface area contributed by atoms with Crippen LogP contribution in [0.1, 0.15) is 29.5 Å². The van der Waals surface area contributed by atoms with Crippen molar-refractivity contribution in [3.05, 3.63) is 57.6 Å². The molecule has 0 radical (unpaired) electrons. The first-order valence-electron chi connectivity index (χ1n) is 9.51. The molecule has 0 aliphatic carbocycles. The van der Waals surface area contributed by atoms with Crippen molar-refractivity contribution in [2.24, 2.45) is 12.8 Å². The van der Waals surface area contributed by atoms with Crippen LogP contribution < -0.4 is 16.2 Å². The highest BCUT2D eigenvalue weighted by Gasteiger charge is 2.28. The van der Waals surface area contributed by atoms with Crippen molar-refractivity contribution in [2.75, 3.05) is 18.0 Å². The van der Waals surface area contributed by atoms with Gasteiger partial charge in [-0.3, -0.25) is 4.79 Å². The maximum atomic E-state index is 13.0. The van der Waals surface area contributed by atoms with Gasteiger partial charge in [0.05, 0.1) is 24.5 Å². The molecule has 0 bridgehead atoms. The zero-order valence-corrected chi connectivity index (χ0v) is 17.4. The largest absolute Gasteiger partial charge is 0.355 e. The van der Waals surface area contributed by atoms with Gasteiger partial charge in [0.1, 0.15) is 28.5 Å². The first-order chi connectivity index (χ1) is 14.0. The van der Waals surface area contributed by atoms with Crippen molar-refractivity contribution < 1.29 is 0 Å². The van der Waals surface area contributed by atoms with E-state index in [4.69, 9.17) is 5.73 Å². The molecular weight excluding hydrogens is 402 g/mol. The van der Waals surface area contributed by atoms with Crippen LogP contribution in [0.2, 0.25) is 0 Å². The molecule has 8 nitrogen and oxygen atoms in total. The van der Waals surface area contributed by atoms with Gasteiger partial charge in [-0.05, 0) is 24.5 Å². The summed E-state index contributed by atoms with van der Waals surface area (Å²) in [6, 6.07) is 11.7. The van der Waals surface area contributed by atoms with E-state index in [9.17, 15) is 15.3 Å². The highest BCUT2D eigenvalue weighted by Crippen LogP contribution is 2.32. The normalized spacial score (nSPS) is 16.0. The summed E-state index contributed by atoms with van der Waals surface area (Å²) in [5, 5.41) is 19.4. The van der Waals surface area contributed by atoms with E-state index in [1.165, 1.54) is 10.9 Å². The van der Waals surface area contributed by atoms with E-state index >= 15 is 0 Å². The van der Waals surface area contributed by atoms with Crippen LogP contribution >= 0.6 is 12.4 Å². The smallest absolute Gasteiger partial charge is 0.277 e. The van der Waals surface area contributed by atoms with Crippen LogP contribution in [0.15, 0.2) is 35.4 Å². The minimum absolute atomic E-state index is 0. The zero-order valence-electron chi connectivity index (χ0n) is 16.6. The number of anilines is 1. The maximum absolute atomic E-state index is 13.0. The van der Waals surface area contributed by atoms with Crippen LogP contribution in [0, 0.1) is 22.7 Å². The summed E-state index contributed by atoms with van der Waals surface area (Å²) in [5.41, 5.74) is 8.42. The fourth-order valence-corrected chi connectivity index (χ4v) is 4.02. The van der Waals surface area contributed by atoms with Gasteiger partial charge in [-0.15, -0.1) is 12.4 Å². The SMILES string of the molecule is Cl.Cn1cnc2c(C#N)c(N3CCCC(N)C3)n(Cc3ccccc3C#N)c2c1=O. The molecule has 3 heterocycles. The number of rotatable bonds is 3. The molecule has 1 aromatic carbocycles. The van der Waals surface area contributed by atoms with Gasteiger partial charge in [0, 0.05) is 26.2 Å². The Labute approximate surface area is 180 Å². The Balaban J connectivity index is 0.00000256. The van der Waals surface area contributed by atoms with Crippen molar-refractivity contribution in [1.29, 1.82) is 10.5 Å². The average Bonchev–Trinajstić information content (AvgIpc) is 3.05. The molecule has 1 atom stereocenters. The molecule has 1 aliphatic heterocycles. The number of fused-ring (bicyclic) bond motifs is 1. The Morgan fingerprint density at radius 1 is 1.27 bits per heavy atom. The molecule has 4 rings (SSSR count). The van der Waals surface area contributed by atoms with Gasteiger partial charge in [-0.1, -0.05) is 18.2 Å². The van der Waals surface area contributed by atoms with Gasteiger partial charge in [0.15, 0.2) is 0 Å². The van der Waals surface area contributed by atoms with E-state index in [2.05, 4.69) is 22.0 Å². The number of hydrogen-bond acceptors (Lipinski definition) is 6. The van der Waals surface area contributed by atoms with Gasteiger partial charge in [0.25, 0.3) is 5.56 Å². The second-order valence-corrected chi connectivity index (χ2v) is 7.37. The molecule has 0 spiro atoms. The Kier molecular flexibility index (Phi) is 6.12. The van der Waals surface area contributed by atoms with Gasteiger partial charge >= 0.3 is 0 Å². The van der Waals surface area contributed by atoms with Crippen LogP contribution in [-0.4, -0.2) is 33.2 Å². The molecule has 2 aromatic heterocycles. The van der Waals surface area contributed by atoms with Gasteiger partial charge < -0.3 is 19.8 Å². The number of aryl methyl sites for hydroxylation is 1. The summed E-state index contributed by atoms with van der Waals surface area (Å²) in [4.78, 5) is 19.5. The van der Waals surface area contributed by atoms with Gasteiger partial charge in [-0.2, -0.15) is 10.5 Å². The third-order valence-corrected chi connectivity index (χ3v) is 5.43. The predicted octanol–water partition coefficient (Wildman–Crippen LogP) is 1.88. The summed E-state index contributed by atoms with van der Waals surface area (Å²) in [5.74, 6) is 0.654. The molecule has 1 unspecified atom stereocenters. The van der Waals surface area contributed by atoms with Crippen molar-refractivity contribution >= 4 is 29.3 Å². The average molecular weight is 424 g/mol. The summed E-state index contributed by atoms with van der Waals surface area (Å²) >= 11 is 0. The molecule has 1 saturated heterocycles. The van der Waals surface area contributed by atoms with Crippen LogP contribution in [0.3, 0.4) is 0 Å². The Hall–Kier alpha value is -3.33. The van der Waals surface area contributed by atoms with E-state index < -0.39 is 0 Å². The number of halogens is 1. The lowest BCUT2D eigenvalue weighted by Gasteiger charge is -2.33. The lowest BCUT2D eigenvalue weighted by molar-refractivity contribution is 0.498. The van der Waals surface area contributed by atoms with Crippen LogP contribution in [0.25, 0.3) is 11.0 Å². The molecule has 1 fully saturated rings. The summed E-state index contributed by atoms with van der Waals surface area (Å²) < 4.78 is 3.24. The lowest BCUT2D eigenvalue weighted by atomic mass is 10.1. The van der Waals surface area contributed by atoms with Crippen molar-refractivity contribution in [3.8, 4) is 12.1 Å².